The summed E-state index contributed by atoms with van der Waals surface area (Å²) in [6, 6.07) is 10.2. The highest BCUT2D eigenvalue weighted by molar-refractivity contribution is 9.11. The highest BCUT2D eigenvalue weighted by Crippen LogP contribution is 2.36. The maximum atomic E-state index is 9.66. The summed E-state index contributed by atoms with van der Waals surface area (Å²) in [5.41, 5.74) is 0. The molecule has 5 heteroatoms. The predicted octanol–water partition coefficient (Wildman–Crippen LogP) is 5.36. The maximum Gasteiger partial charge on any atom is 0.169 e. The van der Waals surface area contributed by atoms with Crippen molar-refractivity contribution in [2.75, 3.05) is 0 Å². The number of ether oxygens (including phenoxy) is 1. The number of halogens is 3. The van der Waals surface area contributed by atoms with Crippen LogP contribution in [0.4, 0.5) is 0 Å². The number of hydrogen-bond acceptors (Lipinski definition) is 2. The topological polar surface area (TPSA) is 29.5 Å². The molecule has 17 heavy (non-hydrogen) atoms. The van der Waals surface area contributed by atoms with Gasteiger partial charge in [0.25, 0.3) is 0 Å². The van der Waals surface area contributed by atoms with Gasteiger partial charge in [0.15, 0.2) is 11.5 Å². The fourth-order valence-corrected chi connectivity index (χ4v) is 2.55. The molecule has 2 rings (SSSR count). The minimum atomic E-state index is 0.00678. The lowest BCUT2D eigenvalue weighted by atomic mass is 10.3. The molecule has 0 bridgehead atoms. The first-order chi connectivity index (χ1) is 8.06. The monoisotopic (exact) mass is 376 g/mol. The van der Waals surface area contributed by atoms with Crippen LogP contribution in [0.5, 0.6) is 17.2 Å². The Morgan fingerprint density at radius 2 is 1.71 bits per heavy atom. The van der Waals surface area contributed by atoms with Crippen LogP contribution in [0, 0.1) is 0 Å². The van der Waals surface area contributed by atoms with Crippen molar-refractivity contribution >= 4 is 43.5 Å². The molecule has 0 aliphatic heterocycles. The van der Waals surface area contributed by atoms with E-state index >= 15 is 0 Å². The third kappa shape index (κ3) is 3.15. The predicted molar refractivity (Wildman–Crippen MR) is 75.0 cm³/mol. The van der Waals surface area contributed by atoms with Gasteiger partial charge in [-0.3, -0.25) is 0 Å². The largest absolute Gasteiger partial charge is 0.504 e. The molecular weight excluding hydrogens is 371 g/mol. The van der Waals surface area contributed by atoms with Gasteiger partial charge in [0.1, 0.15) is 5.75 Å². The Balaban J connectivity index is 2.31. The number of phenolic OH excluding ortho intramolecular Hbond substituents is 1. The van der Waals surface area contributed by atoms with Crippen LogP contribution in [-0.2, 0) is 0 Å². The van der Waals surface area contributed by atoms with Crippen molar-refractivity contribution in [3.05, 3.63) is 50.4 Å². The SMILES string of the molecule is Oc1cc(Cl)ccc1Oc1ccc(Br)cc1Br. The van der Waals surface area contributed by atoms with Crippen LogP contribution in [0.1, 0.15) is 0 Å². The fourth-order valence-electron chi connectivity index (χ4n) is 1.25. The lowest BCUT2D eigenvalue weighted by molar-refractivity contribution is 0.410. The van der Waals surface area contributed by atoms with Crippen LogP contribution in [0.15, 0.2) is 45.3 Å². The number of benzene rings is 2. The molecule has 0 amide bonds. The summed E-state index contributed by atoms with van der Waals surface area (Å²) >= 11 is 12.5. The zero-order chi connectivity index (χ0) is 12.4. The third-order valence-corrected chi connectivity index (χ3v) is 3.38. The van der Waals surface area contributed by atoms with Crippen molar-refractivity contribution in [3.63, 3.8) is 0 Å². The Morgan fingerprint density at radius 1 is 1.00 bits per heavy atom. The van der Waals surface area contributed by atoms with Crippen molar-refractivity contribution in [1.29, 1.82) is 0 Å². The zero-order valence-electron chi connectivity index (χ0n) is 8.45. The molecule has 0 aliphatic rings. The van der Waals surface area contributed by atoms with E-state index in [0.717, 1.165) is 8.95 Å². The van der Waals surface area contributed by atoms with Crippen molar-refractivity contribution in [1.82, 2.24) is 0 Å². The standard InChI is InChI=1S/C12H7Br2ClO2/c13-7-1-3-11(9(14)5-7)17-12-4-2-8(15)6-10(12)16/h1-6,16H. The minimum absolute atomic E-state index is 0.00678. The van der Waals surface area contributed by atoms with Crippen molar-refractivity contribution in [2.24, 2.45) is 0 Å². The van der Waals surface area contributed by atoms with E-state index < -0.39 is 0 Å². The van der Waals surface area contributed by atoms with Crippen LogP contribution in [0.3, 0.4) is 0 Å². The molecule has 2 aromatic carbocycles. The molecule has 0 fully saturated rings. The van der Waals surface area contributed by atoms with Gasteiger partial charge in [-0.15, -0.1) is 0 Å². The Kier molecular flexibility index (Phi) is 3.97. The average Bonchev–Trinajstić information content (AvgIpc) is 2.25. The van der Waals surface area contributed by atoms with E-state index in [9.17, 15) is 5.11 Å². The molecule has 0 saturated heterocycles. The Hall–Kier alpha value is -0.710. The first kappa shape index (κ1) is 12.7. The van der Waals surface area contributed by atoms with Crippen molar-refractivity contribution in [3.8, 4) is 17.2 Å². The summed E-state index contributed by atoms with van der Waals surface area (Å²) in [5.74, 6) is 0.982. The lowest BCUT2D eigenvalue weighted by Crippen LogP contribution is -1.86. The second kappa shape index (κ2) is 5.29. The second-order valence-electron chi connectivity index (χ2n) is 3.29. The van der Waals surface area contributed by atoms with Crippen LogP contribution in [-0.4, -0.2) is 5.11 Å². The van der Waals surface area contributed by atoms with E-state index in [4.69, 9.17) is 16.3 Å². The summed E-state index contributed by atoms with van der Waals surface area (Å²) in [6.45, 7) is 0. The van der Waals surface area contributed by atoms with Gasteiger partial charge >= 0.3 is 0 Å². The molecule has 0 unspecified atom stereocenters. The Labute approximate surface area is 120 Å². The van der Waals surface area contributed by atoms with E-state index in [1.54, 1.807) is 18.2 Å². The molecule has 0 aromatic heterocycles. The van der Waals surface area contributed by atoms with Gasteiger partial charge in [-0.05, 0) is 46.3 Å². The molecule has 0 heterocycles. The van der Waals surface area contributed by atoms with Crippen LogP contribution >= 0.6 is 43.5 Å². The van der Waals surface area contributed by atoms with Crippen LogP contribution in [0.25, 0.3) is 0 Å². The zero-order valence-corrected chi connectivity index (χ0v) is 12.4. The highest BCUT2D eigenvalue weighted by Gasteiger charge is 2.07. The first-order valence-corrected chi connectivity index (χ1v) is 6.64. The fraction of sp³-hybridized carbons (Fsp3) is 0. The smallest absolute Gasteiger partial charge is 0.169 e. The lowest BCUT2D eigenvalue weighted by Gasteiger charge is -2.09. The first-order valence-electron chi connectivity index (χ1n) is 4.67. The average molecular weight is 378 g/mol. The van der Waals surface area contributed by atoms with E-state index in [-0.39, 0.29) is 5.75 Å². The van der Waals surface area contributed by atoms with Gasteiger partial charge in [-0.2, -0.15) is 0 Å². The van der Waals surface area contributed by atoms with Crippen LogP contribution < -0.4 is 4.74 Å². The molecule has 0 spiro atoms. The molecule has 2 aromatic rings. The normalized spacial score (nSPS) is 10.3. The second-order valence-corrected chi connectivity index (χ2v) is 5.50. The van der Waals surface area contributed by atoms with E-state index in [1.165, 1.54) is 6.07 Å². The van der Waals surface area contributed by atoms with Crippen LogP contribution in [0.2, 0.25) is 5.02 Å². The summed E-state index contributed by atoms with van der Waals surface area (Å²) < 4.78 is 7.31. The van der Waals surface area contributed by atoms with Gasteiger partial charge in [-0.1, -0.05) is 27.5 Å². The van der Waals surface area contributed by atoms with Gasteiger partial charge in [0.05, 0.1) is 4.47 Å². The van der Waals surface area contributed by atoms with E-state index in [2.05, 4.69) is 31.9 Å². The van der Waals surface area contributed by atoms with Gasteiger partial charge in [0, 0.05) is 15.6 Å². The summed E-state index contributed by atoms with van der Waals surface area (Å²) in [6.07, 6.45) is 0. The van der Waals surface area contributed by atoms with Crippen molar-refractivity contribution in [2.45, 2.75) is 0 Å². The molecule has 1 N–H and O–H groups in total. The molecule has 0 aliphatic carbocycles. The van der Waals surface area contributed by atoms with Gasteiger partial charge in [-0.25, -0.2) is 0 Å². The summed E-state index contributed by atoms with van der Waals surface area (Å²) in [4.78, 5) is 0. The summed E-state index contributed by atoms with van der Waals surface area (Å²) in [7, 11) is 0. The third-order valence-electron chi connectivity index (χ3n) is 2.03. The Morgan fingerprint density at radius 3 is 2.35 bits per heavy atom. The number of hydrogen-bond donors (Lipinski definition) is 1. The van der Waals surface area contributed by atoms with E-state index in [1.807, 2.05) is 12.1 Å². The molecule has 0 atom stereocenters. The van der Waals surface area contributed by atoms with Gasteiger partial charge < -0.3 is 9.84 Å². The minimum Gasteiger partial charge on any atom is -0.504 e. The van der Waals surface area contributed by atoms with Gasteiger partial charge in [0.2, 0.25) is 0 Å². The maximum absolute atomic E-state index is 9.66. The molecule has 2 nitrogen and oxygen atoms in total. The van der Waals surface area contributed by atoms with Crippen molar-refractivity contribution < 1.29 is 9.84 Å². The molecule has 0 saturated carbocycles. The summed E-state index contributed by atoms with van der Waals surface area (Å²) in [5, 5.41) is 10.1. The molecule has 88 valence electrons. The van der Waals surface area contributed by atoms with E-state index in [0.29, 0.717) is 16.5 Å². The molecule has 0 radical (unpaired) electrons. The number of rotatable bonds is 2. The number of aromatic hydroxyl groups is 1. The molecular formula is C12H7Br2ClO2. The Bertz CT molecular complexity index is 509. The highest BCUT2D eigenvalue weighted by atomic mass is 79.9. The number of phenols is 1. The quantitative estimate of drug-likeness (QED) is 0.762.